The largest absolute Gasteiger partial charge is 0.513 e. The molecule has 0 spiro atoms. The molecule has 0 aromatic heterocycles. The standard InChI is InChI=1S/C31H30O5/c32-29(22-25-15-7-2-8-16-25)35-30(33)36-31(34,23-26-17-9-3-10-18-26)28(27-19-11-4-12-20-27)21-24-13-5-1-6-14-24/h1-20,28-29,32,34H,21-23H2. The van der Waals surface area contributed by atoms with E-state index >= 15 is 0 Å². The molecule has 0 bridgehead atoms. The van der Waals surface area contributed by atoms with Crippen molar-refractivity contribution < 1.29 is 24.5 Å². The molecule has 3 atom stereocenters. The van der Waals surface area contributed by atoms with E-state index in [9.17, 15) is 15.0 Å². The summed E-state index contributed by atoms with van der Waals surface area (Å²) in [4.78, 5) is 12.9. The summed E-state index contributed by atoms with van der Waals surface area (Å²) in [5.41, 5.74) is 3.41. The maximum Gasteiger partial charge on any atom is 0.513 e. The molecule has 0 fully saturated rings. The van der Waals surface area contributed by atoms with Gasteiger partial charge in [0.1, 0.15) is 0 Å². The van der Waals surface area contributed by atoms with Crippen molar-refractivity contribution in [3.63, 3.8) is 0 Å². The van der Waals surface area contributed by atoms with Gasteiger partial charge in [0.25, 0.3) is 0 Å². The molecule has 4 aromatic rings. The number of aliphatic hydroxyl groups is 2. The molecule has 4 rings (SSSR count). The molecule has 3 unspecified atom stereocenters. The Balaban J connectivity index is 1.61. The summed E-state index contributed by atoms with van der Waals surface area (Å²) in [6.07, 6.45) is -1.96. The molecule has 0 saturated carbocycles. The van der Waals surface area contributed by atoms with E-state index in [-0.39, 0.29) is 12.8 Å². The van der Waals surface area contributed by atoms with Crippen LogP contribution in [0.1, 0.15) is 28.2 Å². The highest BCUT2D eigenvalue weighted by atomic mass is 16.8. The van der Waals surface area contributed by atoms with Crippen LogP contribution in [0.25, 0.3) is 0 Å². The lowest BCUT2D eigenvalue weighted by atomic mass is 9.82. The van der Waals surface area contributed by atoms with E-state index in [0.29, 0.717) is 6.42 Å². The average Bonchev–Trinajstić information content (AvgIpc) is 2.89. The lowest BCUT2D eigenvalue weighted by molar-refractivity contribution is -0.205. The summed E-state index contributed by atoms with van der Waals surface area (Å²) in [6.45, 7) is 0. The van der Waals surface area contributed by atoms with Crippen molar-refractivity contribution in [1.29, 1.82) is 0 Å². The Hall–Kier alpha value is -3.93. The van der Waals surface area contributed by atoms with Crippen LogP contribution in [0.5, 0.6) is 0 Å². The second-order valence-corrected chi connectivity index (χ2v) is 8.77. The van der Waals surface area contributed by atoms with E-state index < -0.39 is 24.2 Å². The molecule has 36 heavy (non-hydrogen) atoms. The van der Waals surface area contributed by atoms with Gasteiger partial charge in [-0.2, -0.15) is 0 Å². The first-order valence-electron chi connectivity index (χ1n) is 12.0. The Bertz CT molecular complexity index is 1200. The van der Waals surface area contributed by atoms with Crippen molar-refractivity contribution in [2.45, 2.75) is 37.3 Å². The van der Waals surface area contributed by atoms with Crippen LogP contribution in [-0.2, 0) is 28.7 Å². The van der Waals surface area contributed by atoms with E-state index in [1.807, 2.05) is 121 Å². The number of carbonyl (C=O) groups excluding carboxylic acids is 1. The van der Waals surface area contributed by atoms with Crippen LogP contribution >= 0.6 is 0 Å². The van der Waals surface area contributed by atoms with Crippen LogP contribution in [0.15, 0.2) is 121 Å². The molecular weight excluding hydrogens is 452 g/mol. The van der Waals surface area contributed by atoms with E-state index in [0.717, 1.165) is 22.3 Å². The van der Waals surface area contributed by atoms with Gasteiger partial charge in [-0.25, -0.2) is 4.79 Å². The molecule has 0 radical (unpaired) electrons. The van der Waals surface area contributed by atoms with E-state index in [2.05, 4.69) is 0 Å². The second-order valence-electron chi connectivity index (χ2n) is 8.77. The number of hydrogen-bond acceptors (Lipinski definition) is 5. The fourth-order valence-electron chi connectivity index (χ4n) is 4.33. The smallest absolute Gasteiger partial charge is 0.404 e. The summed E-state index contributed by atoms with van der Waals surface area (Å²) in [6, 6.07) is 37.8. The minimum Gasteiger partial charge on any atom is -0.404 e. The fourth-order valence-corrected chi connectivity index (χ4v) is 4.33. The zero-order valence-electron chi connectivity index (χ0n) is 19.9. The van der Waals surface area contributed by atoms with Gasteiger partial charge in [-0.3, -0.25) is 0 Å². The summed E-state index contributed by atoms with van der Waals surface area (Å²) in [5, 5.41) is 22.4. The quantitative estimate of drug-likeness (QED) is 0.225. The first-order valence-corrected chi connectivity index (χ1v) is 12.0. The number of hydrogen-bond donors (Lipinski definition) is 2. The van der Waals surface area contributed by atoms with E-state index in [1.54, 1.807) is 0 Å². The van der Waals surface area contributed by atoms with Crippen LogP contribution in [0.2, 0.25) is 0 Å². The van der Waals surface area contributed by atoms with Crippen molar-refractivity contribution in [1.82, 2.24) is 0 Å². The van der Waals surface area contributed by atoms with E-state index in [1.165, 1.54) is 0 Å². The van der Waals surface area contributed by atoms with Gasteiger partial charge in [0.05, 0.1) is 5.92 Å². The molecule has 0 aliphatic carbocycles. The SMILES string of the molecule is O=C(OC(O)Cc1ccccc1)OC(O)(Cc1ccccc1)C(Cc1ccccc1)c1ccccc1. The summed E-state index contributed by atoms with van der Waals surface area (Å²) in [7, 11) is 0. The van der Waals surface area contributed by atoms with Gasteiger partial charge >= 0.3 is 6.16 Å². The highest BCUT2D eigenvalue weighted by molar-refractivity contribution is 5.61. The maximum absolute atomic E-state index is 12.9. The molecule has 5 nitrogen and oxygen atoms in total. The van der Waals surface area contributed by atoms with Crippen LogP contribution in [-0.4, -0.2) is 28.4 Å². The van der Waals surface area contributed by atoms with Gasteiger partial charge in [0.15, 0.2) is 0 Å². The third-order valence-electron chi connectivity index (χ3n) is 6.07. The number of benzene rings is 4. The summed E-state index contributed by atoms with van der Waals surface area (Å²) < 4.78 is 10.8. The Labute approximate surface area is 211 Å². The minimum absolute atomic E-state index is 0.0457. The van der Waals surface area contributed by atoms with Gasteiger partial charge in [-0.1, -0.05) is 121 Å². The molecule has 4 aromatic carbocycles. The Morgan fingerprint density at radius 2 is 1.11 bits per heavy atom. The van der Waals surface area contributed by atoms with Crippen molar-refractivity contribution in [3.05, 3.63) is 144 Å². The Kier molecular flexibility index (Phi) is 8.50. The van der Waals surface area contributed by atoms with Gasteiger partial charge in [-0.15, -0.1) is 0 Å². The fraction of sp³-hybridized carbons (Fsp3) is 0.194. The molecule has 2 N–H and O–H groups in total. The van der Waals surface area contributed by atoms with Gasteiger partial charge in [0, 0.05) is 12.8 Å². The predicted octanol–water partition coefficient (Wildman–Crippen LogP) is 5.66. The molecule has 0 aliphatic heterocycles. The number of carbonyl (C=O) groups is 1. The zero-order valence-corrected chi connectivity index (χ0v) is 19.9. The van der Waals surface area contributed by atoms with Crippen molar-refractivity contribution in [3.8, 4) is 0 Å². The number of ether oxygens (including phenoxy) is 2. The molecule has 0 amide bonds. The average molecular weight is 483 g/mol. The number of rotatable bonds is 10. The molecule has 5 heteroatoms. The van der Waals surface area contributed by atoms with Crippen LogP contribution in [0.4, 0.5) is 4.79 Å². The van der Waals surface area contributed by atoms with Crippen molar-refractivity contribution in [2.75, 3.05) is 0 Å². The first kappa shape index (κ1) is 25.2. The van der Waals surface area contributed by atoms with Crippen LogP contribution in [0.3, 0.4) is 0 Å². The van der Waals surface area contributed by atoms with Crippen molar-refractivity contribution in [2.24, 2.45) is 0 Å². The molecule has 184 valence electrons. The zero-order chi connectivity index (χ0) is 25.2. The first-order chi connectivity index (χ1) is 17.5. The van der Waals surface area contributed by atoms with E-state index in [4.69, 9.17) is 9.47 Å². The van der Waals surface area contributed by atoms with Gasteiger partial charge < -0.3 is 19.7 Å². The topological polar surface area (TPSA) is 76.0 Å². The lowest BCUT2D eigenvalue weighted by Crippen LogP contribution is -2.45. The minimum atomic E-state index is -1.94. The van der Waals surface area contributed by atoms with Crippen LogP contribution < -0.4 is 0 Å². The molecule has 0 saturated heterocycles. The predicted molar refractivity (Wildman–Crippen MR) is 138 cm³/mol. The summed E-state index contributed by atoms with van der Waals surface area (Å²) >= 11 is 0. The Morgan fingerprint density at radius 1 is 0.667 bits per heavy atom. The van der Waals surface area contributed by atoms with Gasteiger partial charge in [0.2, 0.25) is 12.1 Å². The normalized spacial score (nSPS) is 14.3. The number of aliphatic hydroxyl groups excluding tert-OH is 1. The van der Waals surface area contributed by atoms with Crippen LogP contribution in [0, 0.1) is 0 Å². The third kappa shape index (κ3) is 7.04. The third-order valence-corrected chi connectivity index (χ3v) is 6.07. The Morgan fingerprint density at radius 3 is 1.64 bits per heavy atom. The monoisotopic (exact) mass is 482 g/mol. The molecular formula is C31H30O5. The second kappa shape index (κ2) is 12.2. The highest BCUT2D eigenvalue weighted by Gasteiger charge is 2.43. The molecule has 0 heterocycles. The highest BCUT2D eigenvalue weighted by Crippen LogP contribution is 2.36. The maximum atomic E-state index is 12.9. The van der Waals surface area contributed by atoms with Gasteiger partial charge in [-0.05, 0) is 28.7 Å². The molecule has 0 aliphatic rings. The lowest BCUT2D eigenvalue weighted by Gasteiger charge is -2.36. The van der Waals surface area contributed by atoms with Crippen molar-refractivity contribution >= 4 is 6.16 Å². The summed E-state index contributed by atoms with van der Waals surface area (Å²) in [5.74, 6) is -2.54.